The number of hydrogen-bond acceptors (Lipinski definition) is 4. The molecule has 1 aliphatic heterocycles. The van der Waals surface area contributed by atoms with Crippen LogP contribution in [0.25, 0.3) is 0 Å². The summed E-state index contributed by atoms with van der Waals surface area (Å²) < 4.78 is 5.58. The lowest BCUT2D eigenvalue weighted by molar-refractivity contribution is 0.0137. The van der Waals surface area contributed by atoms with Gasteiger partial charge in [0, 0.05) is 19.7 Å². The number of carbonyl (C=O) groups excluding carboxylic acids is 1. The van der Waals surface area contributed by atoms with Crippen molar-refractivity contribution in [2.24, 2.45) is 0 Å². The summed E-state index contributed by atoms with van der Waals surface area (Å²) in [6.07, 6.45) is 2.28. The monoisotopic (exact) mass is 348 g/mol. The molecule has 1 amide bonds. The van der Waals surface area contributed by atoms with Crippen LogP contribution in [0.4, 0.5) is 4.79 Å². The fourth-order valence-corrected chi connectivity index (χ4v) is 3.29. The van der Waals surface area contributed by atoms with Gasteiger partial charge in [-0.3, -0.25) is 0 Å². The SMILES string of the molecule is CCC1c2ccc(CNCCCO)cc2CCN1C(=O)OC(C)(C)C. The van der Waals surface area contributed by atoms with Gasteiger partial charge in [-0.05, 0) is 63.3 Å². The van der Waals surface area contributed by atoms with E-state index in [1.54, 1.807) is 0 Å². The van der Waals surface area contributed by atoms with Crippen molar-refractivity contribution < 1.29 is 14.6 Å². The molecule has 0 bridgehead atoms. The summed E-state index contributed by atoms with van der Waals surface area (Å²) in [5, 5.41) is 12.2. The van der Waals surface area contributed by atoms with Crippen LogP contribution < -0.4 is 5.32 Å². The Kier molecular flexibility index (Phi) is 6.85. The molecule has 1 atom stereocenters. The molecule has 2 N–H and O–H groups in total. The van der Waals surface area contributed by atoms with Crippen molar-refractivity contribution in [3.8, 4) is 0 Å². The number of hydrogen-bond donors (Lipinski definition) is 2. The average molecular weight is 348 g/mol. The van der Waals surface area contributed by atoms with Gasteiger partial charge >= 0.3 is 6.09 Å². The third-order valence-electron chi connectivity index (χ3n) is 4.42. The zero-order valence-corrected chi connectivity index (χ0v) is 16.0. The third-order valence-corrected chi connectivity index (χ3v) is 4.42. The minimum atomic E-state index is -0.472. The number of rotatable bonds is 6. The second kappa shape index (κ2) is 8.68. The first kappa shape index (κ1) is 19.7. The summed E-state index contributed by atoms with van der Waals surface area (Å²) in [5.74, 6) is 0. The zero-order valence-electron chi connectivity index (χ0n) is 16.0. The molecule has 0 saturated carbocycles. The topological polar surface area (TPSA) is 61.8 Å². The van der Waals surface area contributed by atoms with Crippen LogP contribution in [0.2, 0.25) is 0 Å². The minimum absolute atomic E-state index is 0.0787. The maximum atomic E-state index is 12.5. The average Bonchev–Trinajstić information content (AvgIpc) is 2.55. The number of aliphatic hydroxyl groups is 1. The summed E-state index contributed by atoms with van der Waals surface area (Å²) in [6.45, 7) is 10.4. The summed E-state index contributed by atoms with van der Waals surface area (Å²) in [6, 6.07) is 6.61. The molecule has 2 rings (SSSR count). The van der Waals surface area contributed by atoms with Gasteiger partial charge in [-0.1, -0.05) is 25.1 Å². The molecule has 0 aromatic heterocycles. The first-order chi connectivity index (χ1) is 11.9. The standard InChI is InChI=1S/C20H32N2O3/c1-5-18-17-8-7-15(14-21-10-6-12-23)13-16(17)9-11-22(18)19(24)25-20(2,3)4/h7-8,13,18,21,23H,5-6,9-12,14H2,1-4H3. The van der Waals surface area contributed by atoms with Crippen molar-refractivity contribution in [2.45, 2.75) is 65.1 Å². The number of ether oxygens (including phenoxy) is 1. The van der Waals surface area contributed by atoms with E-state index in [0.29, 0.717) is 6.54 Å². The van der Waals surface area contributed by atoms with Crippen molar-refractivity contribution in [3.05, 3.63) is 34.9 Å². The van der Waals surface area contributed by atoms with Gasteiger partial charge in [0.05, 0.1) is 6.04 Å². The number of amides is 1. The molecule has 1 aromatic carbocycles. The Bertz CT molecular complexity index is 581. The van der Waals surface area contributed by atoms with Crippen molar-refractivity contribution in [2.75, 3.05) is 19.7 Å². The Balaban J connectivity index is 2.09. The van der Waals surface area contributed by atoms with Crippen LogP contribution in [0, 0.1) is 0 Å². The molecule has 1 unspecified atom stereocenters. The van der Waals surface area contributed by atoms with Gasteiger partial charge in [0.15, 0.2) is 0 Å². The highest BCUT2D eigenvalue weighted by Crippen LogP contribution is 2.33. The van der Waals surface area contributed by atoms with Crippen molar-refractivity contribution >= 4 is 6.09 Å². The molecule has 1 aromatic rings. The highest BCUT2D eigenvalue weighted by molar-refractivity contribution is 5.69. The van der Waals surface area contributed by atoms with Gasteiger partial charge in [0.2, 0.25) is 0 Å². The summed E-state index contributed by atoms with van der Waals surface area (Å²) in [5.41, 5.74) is 3.34. The number of nitrogens with zero attached hydrogens (tertiary/aromatic N) is 1. The summed E-state index contributed by atoms with van der Waals surface area (Å²) >= 11 is 0. The molecule has 140 valence electrons. The molecule has 5 nitrogen and oxygen atoms in total. The largest absolute Gasteiger partial charge is 0.444 e. The maximum Gasteiger partial charge on any atom is 0.410 e. The summed E-state index contributed by atoms with van der Waals surface area (Å²) in [7, 11) is 0. The molecule has 25 heavy (non-hydrogen) atoms. The first-order valence-corrected chi connectivity index (χ1v) is 9.28. The quantitative estimate of drug-likeness (QED) is 0.774. The predicted molar refractivity (Wildman–Crippen MR) is 99.5 cm³/mol. The van der Waals surface area contributed by atoms with E-state index >= 15 is 0 Å². The highest BCUT2D eigenvalue weighted by Gasteiger charge is 2.32. The molecule has 0 radical (unpaired) electrons. The number of aliphatic hydroxyl groups excluding tert-OH is 1. The zero-order chi connectivity index (χ0) is 18.4. The molecule has 0 spiro atoms. The number of fused-ring (bicyclic) bond motifs is 1. The third kappa shape index (κ3) is 5.44. The van der Waals surface area contributed by atoms with Gasteiger partial charge in [-0.15, -0.1) is 0 Å². The van der Waals surface area contributed by atoms with Crippen LogP contribution in [-0.4, -0.2) is 41.4 Å². The fourth-order valence-electron chi connectivity index (χ4n) is 3.29. The number of carbonyl (C=O) groups is 1. The van der Waals surface area contributed by atoms with Crippen LogP contribution in [0.15, 0.2) is 18.2 Å². The summed E-state index contributed by atoms with van der Waals surface area (Å²) in [4.78, 5) is 14.4. The van der Waals surface area contributed by atoms with Crippen LogP contribution >= 0.6 is 0 Å². The van der Waals surface area contributed by atoms with E-state index in [-0.39, 0.29) is 18.7 Å². The molecule has 1 aliphatic rings. The van der Waals surface area contributed by atoms with Crippen molar-refractivity contribution in [3.63, 3.8) is 0 Å². The second-order valence-electron chi connectivity index (χ2n) is 7.63. The van der Waals surface area contributed by atoms with Gasteiger partial charge in [0.1, 0.15) is 5.60 Å². The highest BCUT2D eigenvalue weighted by atomic mass is 16.6. The molecule has 0 saturated heterocycles. The van der Waals surface area contributed by atoms with Crippen LogP contribution in [0.5, 0.6) is 0 Å². The van der Waals surface area contributed by atoms with E-state index in [4.69, 9.17) is 9.84 Å². The number of benzene rings is 1. The Morgan fingerprint density at radius 1 is 1.40 bits per heavy atom. The Morgan fingerprint density at radius 2 is 2.16 bits per heavy atom. The second-order valence-corrected chi connectivity index (χ2v) is 7.63. The Hall–Kier alpha value is -1.59. The Morgan fingerprint density at radius 3 is 2.80 bits per heavy atom. The molecular weight excluding hydrogens is 316 g/mol. The van der Waals surface area contributed by atoms with Crippen molar-refractivity contribution in [1.29, 1.82) is 0 Å². The molecular formula is C20H32N2O3. The van der Waals surface area contributed by atoms with Gasteiger partial charge in [-0.25, -0.2) is 4.79 Å². The van der Waals surface area contributed by atoms with Crippen LogP contribution in [-0.2, 0) is 17.7 Å². The minimum Gasteiger partial charge on any atom is -0.444 e. The van der Waals surface area contributed by atoms with E-state index < -0.39 is 5.60 Å². The van der Waals surface area contributed by atoms with Crippen LogP contribution in [0.1, 0.15) is 63.3 Å². The molecule has 5 heteroatoms. The fraction of sp³-hybridized carbons (Fsp3) is 0.650. The van der Waals surface area contributed by atoms with Crippen molar-refractivity contribution in [1.82, 2.24) is 10.2 Å². The Labute approximate surface area is 151 Å². The lowest BCUT2D eigenvalue weighted by Crippen LogP contribution is -2.42. The van der Waals surface area contributed by atoms with E-state index in [1.165, 1.54) is 16.7 Å². The number of nitrogens with one attached hydrogen (secondary N) is 1. The van der Waals surface area contributed by atoms with Gasteiger partial charge in [0.25, 0.3) is 0 Å². The van der Waals surface area contributed by atoms with E-state index in [1.807, 2.05) is 25.7 Å². The lowest BCUT2D eigenvalue weighted by Gasteiger charge is -2.38. The maximum absolute atomic E-state index is 12.5. The molecule has 0 aliphatic carbocycles. The normalized spacial score (nSPS) is 17.3. The lowest BCUT2D eigenvalue weighted by atomic mass is 9.90. The smallest absolute Gasteiger partial charge is 0.410 e. The van der Waals surface area contributed by atoms with E-state index in [9.17, 15) is 4.79 Å². The van der Waals surface area contributed by atoms with E-state index in [2.05, 4.69) is 30.4 Å². The van der Waals surface area contributed by atoms with Crippen LogP contribution in [0.3, 0.4) is 0 Å². The first-order valence-electron chi connectivity index (χ1n) is 9.28. The molecule has 0 fully saturated rings. The molecule has 1 heterocycles. The van der Waals surface area contributed by atoms with Gasteiger partial charge in [-0.2, -0.15) is 0 Å². The van der Waals surface area contributed by atoms with Gasteiger partial charge < -0.3 is 20.1 Å². The predicted octanol–water partition coefficient (Wildman–Crippen LogP) is 3.40. The van der Waals surface area contributed by atoms with E-state index in [0.717, 1.165) is 32.4 Å².